The van der Waals surface area contributed by atoms with Gasteiger partial charge in [-0.1, -0.05) is 0 Å². The van der Waals surface area contributed by atoms with Gasteiger partial charge in [-0.15, -0.1) is 24.2 Å². The lowest BCUT2D eigenvalue weighted by atomic mass is 10.0. The van der Waals surface area contributed by atoms with Crippen molar-refractivity contribution in [1.82, 2.24) is 14.5 Å². The Hall–Kier alpha value is -1.05. The van der Waals surface area contributed by atoms with Crippen LogP contribution in [0.5, 0.6) is 0 Å². The Morgan fingerprint density at radius 3 is 2.59 bits per heavy atom. The molecule has 1 fully saturated rings. The molecule has 0 amide bonds. The monoisotopic (exact) mass is 344 g/mol. The number of hydrogen-bond donors (Lipinski definition) is 1. The summed E-state index contributed by atoms with van der Waals surface area (Å²) in [4.78, 5) is 28.6. The topological polar surface area (TPSA) is 68.4 Å². The Labute approximate surface area is 139 Å². The van der Waals surface area contributed by atoms with Gasteiger partial charge >= 0.3 is 5.69 Å². The van der Waals surface area contributed by atoms with Crippen molar-refractivity contribution in [3.05, 3.63) is 26.4 Å². The van der Waals surface area contributed by atoms with Crippen molar-refractivity contribution in [3.8, 4) is 0 Å². The van der Waals surface area contributed by atoms with Crippen molar-refractivity contribution in [2.24, 2.45) is 25.0 Å². The number of aromatic nitrogens is 2. The number of thioether (sulfide) groups is 1. The third kappa shape index (κ3) is 3.16. The molecule has 1 aromatic rings. The van der Waals surface area contributed by atoms with Gasteiger partial charge in [-0.05, 0) is 31.8 Å². The Bertz CT molecular complexity index is 704. The van der Waals surface area contributed by atoms with Gasteiger partial charge in [-0.2, -0.15) is 0 Å². The molecule has 0 bridgehead atoms. The molecule has 0 aromatic carbocycles. The highest BCUT2D eigenvalue weighted by Crippen LogP contribution is 2.28. The molecule has 8 heteroatoms. The van der Waals surface area contributed by atoms with E-state index in [1.807, 2.05) is 0 Å². The number of aliphatic imine (C=N–C) groups is 1. The summed E-state index contributed by atoms with van der Waals surface area (Å²) in [5.74, 6) is 2.30. The van der Waals surface area contributed by atoms with Gasteiger partial charge in [0, 0.05) is 26.3 Å². The lowest BCUT2D eigenvalue weighted by Crippen LogP contribution is -2.38. The summed E-state index contributed by atoms with van der Waals surface area (Å²) in [6.07, 6.45) is 2.97. The summed E-state index contributed by atoms with van der Waals surface area (Å²) >= 11 is 1.73. The van der Waals surface area contributed by atoms with Crippen LogP contribution in [0.1, 0.15) is 18.4 Å². The van der Waals surface area contributed by atoms with Gasteiger partial charge in [0.05, 0.1) is 10.6 Å². The van der Waals surface area contributed by atoms with Gasteiger partial charge in [-0.3, -0.25) is 13.9 Å². The second kappa shape index (κ2) is 7.02. The first kappa shape index (κ1) is 17.3. The molecule has 3 heterocycles. The maximum Gasteiger partial charge on any atom is 0.332 e. The summed E-state index contributed by atoms with van der Waals surface area (Å²) in [6.45, 7) is 2.18. The van der Waals surface area contributed by atoms with Crippen LogP contribution < -0.4 is 16.6 Å². The first-order chi connectivity index (χ1) is 10.1. The van der Waals surface area contributed by atoms with Crippen LogP contribution in [-0.2, 0) is 20.5 Å². The fourth-order valence-electron chi connectivity index (χ4n) is 2.85. The SMILES string of the molecule is Cl.Cn1c2c(c(=O)n(C)c1=O)CC(SCC1CCNCC1)=N2. The van der Waals surface area contributed by atoms with Gasteiger partial charge in [0.25, 0.3) is 5.56 Å². The minimum Gasteiger partial charge on any atom is -0.317 e. The van der Waals surface area contributed by atoms with Gasteiger partial charge in [-0.25, -0.2) is 9.79 Å². The Balaban J connectivity index is 0.00000176. The van der Waals surface area contributed by atoms with Crippen molar-refractivity contribution in [2.75, 3.05) is 18.8 Å². The highest BCUT2D eigenvalue weighted by Gasteiger charge is 2.24. The molecule has 0 unspecified atom stereocenters. The molecule has 122 valence electrons. The van der Waals surface area contributed by atoms with Crippen molar-refractivity contribution in [2.45, 2.75) is 19.3 Å². The molecule has 2 aliphatic rings. The average Bonchev–Trinajstić information content (AvgIpc) is 2.94. The second-order valence-corrected chi connectivity index (χ2v) is 6.79. The molecule has 0 radical (unpaired) electrons. The van der Waals surface area contributed by atoms with Crippen molar-refractivity contribution in [3.63, 3.8) is 0 Å². The molecule has 0 atom stereocenters. The predicted octanol–water partition coefficient (Wildman–Crippen LogP) is 0.825. The zero-order valence-electron chi connectivity index (χ0n) is 12.8. The molecule has 0 spiro atoms. The van der Waals surface area contributed by atoms with Crippen molar-refractivity contribution >= 4 is 35.0 Å². The summed E-state index contributed by atoms with van der Waals surface area (Å²) in [5.41, 5.74) is 0.119. The van der Waals surface area contributed by atoms with E-state index in [0.717, 1.165) is 28.5 Å². The Kier molecular flexibility index (Phi) is 5.52. The number of nitrogens with one attached hydrogen (secondary N) is 1. The van der Waals surface area contributed by atoms with Crippen LogP contribution in [-0.4, -0.2) is 33.0 Å². The molecular formula is C14H21ClN4O2S. The number of nitrogens with zero attached hydrogens (tertiary/aromatic N) is 3. The normalized spacial score (nSPS) is 17.8. The van der Waals surface area contributed by atoms with Gasteiger partial charge in [0.15, 0.2) is 0 Å². The summed E-state index contributed by atoms with van der Waals surface area (Å²) < 4.78 is 2.63. The van der Waals surface area contributed by atoms with Crippen LogP contribution in [0.3, 0.4) is 0 Å². The van der Waals surface area contributed by atoms with E-state index in [1.165, 1.54) is 24.5 Å². The minimum absolute atomic E-state index is 0. The van der Waals surface area contributed by atoms with Gasteiger partial charge < -0.3 is 5.32 Å². The lowest BCUT2D eigenvalue weighted by molar-refractivity contribution is 0.408. The third-order valence-corrected chi connectivity index (χ3v) is 5.43. The smallest absolute Gasteiger partial charge is 0.317 e. The minimum atomic E-state index is -0.313. The van der Waals surface area contributed by atoms with Crippen LogP contribution in [0.2, 0.25) is 0 Å². The summed E-state index contributed by atoms with van der Waals surface area (Å²) in [6, 6.07) is 0. The van der Waals surface area contributed by atoms with E-state index in [9.17, 15) is 9.59 Å². The first-order valence-electron chi connectivity index (χ1n) is 7.28. The highest BCUT2D eigenvalue weighted by atomic mass is 35.5. The number of halogens is 1. The van der Waals surface area contributed by atoms with Gasteiger partial charge in [0.2, 0.25) is 0 Å². The van der Waals surface area contributed by atoms with Gasteiger partial charge in [0.1, 0.15) is 5.82 Å². The molecule has 2 aliphatic heterocycles. The first-order valence-corrected chi connectivity index (χ1v) is 8.26. The van der Waals surface area contributed by atoms with Crippen LogP contribution in [0.25, 0.3) is 0 Å². The zero-order valence-corrected chi connectivity index (χ0v) is 14.4. The van der Waals surface area contributed by atoms with Crippen LogP contribution in [0, 0.1) is 5.92 Å². The molecule has 1 aromatic heterocycles. The fraction of sp³-hybridized carbons (Fsp3) is 0.643. The predicted molar refractivity (Wildman–Crippen MR) is 93.0 cm³/mol. The number of hydrogen-bond acceptors (Lipinski definition) is 5. The molecule has 6 nitrogen and oxygen atoms in total. The molecule has 1 saturated heterocycles. The fourth-order valence-corrected chi connectivity index (χ4v) is 4.01. The zero-order chi connectivity index (χ0) is 15.0. The number of fused-ring (bicyclic) bond motifs is 1. The molecule has 0 aliphatic carbocycles. The molecular weight excluding hydrogens is 324 g/mol. The summed E-state index contributed by atoms with van der Waals surface area (Å²) in [7, 11) is 3.19. The maximum atomic E-state index is 12.1. The van der Waals surface area contributed by atoms with E-state index >= 15 is 0 Å². The molecule has 0 saturated carbocycles. The van der Waals surface area contributed by atoms with E-state index in [2.05, 4.69) is 10.3 Å². The van der Waals surface area contributed by atoms with E-state index in [1.54, 1.807) is 18.8 Å². The molecule has 3 rings (SSSR count). The van der Waals surface area contributed by atoms with E-state index in [-0.39, 0.29) is 23.7 Å². The molecule has 22 heavy (non-hydrogen) atoms. The Morgan fingerprint density at radius 2 is 1.91 bits per heavy atom. The lowest BCUT2D eigenvalue weighted by Gasteiger charge is -2.21. The highest BCUT2D eigenvalue weighted by molar-refractivity contribution is 8.14. The van der Waals surface area contributed by atoms with E-state index < -0.39 is 0 Å². The third-order valence-electron chi connectivity index (χ3n) is 4.23. The quantitative estimate of drug-likeness (QED) is 0.862. The van der Waals surface area contributed by atoms with Crippen LogP contribution >= 0.6 is 24.2 Å². The van der Waals surface area contributed by atoms with Crippen molar-refractivity contribution in [1.29, 1.82) is 0 Å². The van der Waals surface area contributed by atoms with Crippen LogP contribution in [0.15, 0.2) is 14.6 Å². The Morgan fingerprint density at radius 1 is 1.23 bits per heavy atom. The molecule has 1 N–H and O–H groups in total. The van der Waals surface area contributed by atoms with Crippen LogP contribution in [0.4, 0.5) is 5.82 Å². The number of rotatable bonds is 2. The largest absolute Gasteiger partial charge is 0.332 e. The standard InChI is InChI=1S/C14H20N4O2S.ClH/c1-17-12-10(13(19)18(2)14(17)20)7-11(16-12)21-8-9-3-5-15-6-4-9;/h9,15H,3-8H2,1-2H3;1H. The van der Waals surface area contributed by atoms with E-state index in [0.29, 0.717) is 23.7 Å². The number of piperidine rings is 1. The summed E-state index contributed by atoms with van der Waals surface area (Å²) in [5, 5.41) is 4.32. The maximum absolute atomic E-state index is 12.1. The average molecular weight is 345 g/mol. The van der Waals surface area contributed by atoms with E-state index in [4.69, 9.17) is 0 Å². The van der Waals surface area contributed by atoms with Crippen molar-refractivity contribution < 1.29 is 0 Å². The second-order valence-electron chi connectivity index (χ2n) is 5.69.